The lowest BCUT2D eigenvalue weighted by molar-refractivity contribution is -0.141. The molecule has 0 saturated carbocycles. The predicted octanol–water partition coefficient (Wildman–Crippen LogP) is 2.80. The molecular formula is C11H12Cl3NO2. The van der Waals surface area contributed by atoms with Crippen LogP contribution in [0.5, 0.6) is 0 Å². The average Bonchev–Trinajstić information content (AvgIpc) is 2.70. The largest absolute Gasteiger partial charge is 0.481 e. The second-order valence-electron chi connectivity index (χ2n) is 3.85. The van der Waals surface area contributed by atoms with Crippen LogP contribution in [0, 0.1) is 5.92 Å². The number of hydrogen-bond acceptors (Lipinski definition) is 2. The van der Waals surface area contributed by atoms with Crippen molar-refractivity contribution in [2.24, 2.45) is 5.92 Å². The first-order valence-corrected chi connectivity index (χ1v) is 5.74. The molecule has 0 aromatic heterocycles. The van der Waals surface area contributed by atoms with Crippen molar-refractivity contribution in [3.8, 4) is 0 Å². The fourth-order valence-corrected chi connectivity index (χ4v) is 2.52. The Labute approximate surface area is 116 Å². The lowest BCUT2D eigenvalue weighted by Crippen LogP contribution is -2.21. The standard InChI is InChI=1S/C11H11Cl2NO2.ClH/c12-9-3-1-2-6(10(9)13)7-4-14-5-8(7)11(15)16;/h1-3,7-8,14H,4-5H2,(H,15,16);1H. The molecule has 6 heteroatoms. The van der Waals surface area contributed by atoms with Crippen molar-refractivity contribution >= 4 is 41.6 Å². The fraction of sp³-hybridized carbons (Fsp3) is 0.364. The van der Waals surface area contributed by atoms with E-state index in [1.807, 2.05) is 6.07 Å². The van der Waals surface area contributed by atoms with E-state index in [9.17, 15) is 4.79 Å². The zero-order chi connectivity index (χ0) is 11.7. The molecule has 2 N–H and O–H groups in total. The van der Waals surface area contributed by atoms with E-state index in [2.05, 4.69) is 5.32 Å². The number of halogens is 3. The van der Waals surface area contributed by atoms with Crippen molar-refractivity contribution in [2.75, 3.05) is 13.1 Å². The van der Waals surface area contributed by atoms with E-state index in [1.54, 1.807) is 12.1 Å². The van der Waals surface area contributed by atoms with Gasteiger partial charge in [0.05, 0.1) is 16.0 Å². The van der Waals surface area contributed by atoms with Gasteiger partial charge < -0.3 is 10.4 Å². The van der Waals surface area contributed by atoms with Crippen molar-refractivity contribution < 1.29 is 9.90 Å². The molecule has 0 aliphatic carbocycles. The van der Waals surface area contributed by atoms with Crippen LogP contribution in [-0.4, -0.2) is 24.2 Å². The van der Waals surface area contributed by atoms with Crippen LogP contribution in [0.2, 0.25) is 10.0 Å². The van der Waals surface area contributed by atoms with Gasteiger partial charge in [0.25, 0.3) is 0 Å². The Morgan fingerprint density at radius 1 is 1.35 bits per heavy atom. The van der Waals surface area contributed by atoms with Gasteiger partial charge in [-0.2, -0.15) is 0 Å². The minimum absolute atomic E-state index is 0. The Morgan fingerprint density at radius 2 is 2.06 bits per heavy atom. The van der Waals surface area contributed by atoms with Gasteiger partial charge in [-0.15, -0.1) is 12.4 Å². The van der Waals surface area contributed by atoms with Crippen LogP contribution < -0.4 is 5.32 Å². The number of carboxylic acids is 1. The molecule has 0 bridgehead atoms. The van der Waals surface area contributed by atoms with E-state index in [1.165, 1.54) is 0 Å². The second-order valence-corrected chi connectivity index (χ2v) is 4.64. The molecule has 94 valence electrons. The summed E-state index contributed by atoms with van der Waals surface area (Å²) in [4.78, 5) is 11.1. The topological polar surface area (TPSA) is 49.3 Å². The van der Waals surface area contributed by atoms with Crippen molar-refractivity contribution in [3.05, 3.63) is 33.8 Å². The molecule has 1 aliphatic rings. The van der Waals surface area contributed by atoms with E-state index < -0.39 is 11.9 Å². The van der Waals surface area contributed by atoms with Gasteiger partial charge in [0.1, 0.15) is 0 Å². The summed E-state index contributed by atoms with van der Waals surface area (Å²) in [6.07, 6.45) is 0. The molecule has 17 heavy (non-hydrogen) atoms. The molecule has 2 unspecified atom stereocenters. The Bertz CT molecular complexity index is 425. The predicted molar refractivity (Wildman–Crippen MR) is 70.4 cm³/mol. The highest BCUT2D eigenvalue weighted by molar-refractivity contribution is 6.42. The average molecular weight is 297 g/mol. The molecule has 1 aromatic carbocycles. The summed E-state index contributed by atoms with van der Waals surface area (Å²) in [6.45, 7) is 1.10. The van der Waals surface area contributed by atoms with Gasteiger partial charge in [0.15, 0.2) is 0 Å². The SMILES string of the molecule is Cl.O=C(O)C1CNCC1c1cccc(Cl)c1Cl. The minimum atomic E-state index is -0.800. The lowest BCUT2D eigenvalue weighted by atomic mass is 9.89. The molecule has 1 heterocycles. The quantitative estimate of drug-likeness (QED) is 0.882. The first kappa shape index (κ1) is 14.6. The number of carbonyl (C=O) groups is 1. The van der Waals surface area contributed by atoms with Gasteiger partial charge in [0.2, 0.25) is 0 Å². The molecular weight excluding hydrogens is 284 g/mol. The summed E-state index contributed by atoms with van der Waals surface area (Å²) >= 11 is 12.0. The molecule has 1 aliphatic heterocycles. The molecule has 1 fully saturated rings. The third kappa shape index (κ3) is 2.86. The molecule has 2 rings (SSSR count). The van der Waals surface area contributed by atoms with Crippen LogP contribution in [0.4, 0.5) is 0 Å². The van der Waals surface area contributed by atoms with Crippen LogP contribution in [0.25, 0.3) is 0 Å². The van der Waals surface area contributed by atoms with E-state index in [0.717, 1.165) is 5.56 Å². The Morgan fingerprint density at radius 3 is 2.71 bits per heavy atom. The van der Waals surface area contributed by atoms with Crippen LogP contribution in [0.3, 0.4) is 0 Å². The highest BCUT2D eigenvalue weighted by Crippen LogP contribution is 2.36. The number of aliphatic carboxylic acids is 1. The third-order valence-electron chi connectivity index (χ3n) is 2.91. The molecule has 1 saturated heterocycles. The summed E-state index contributed by atoms with van der Waals surface area (Å²) in [5, 5.41) is 13.1. The van der Waals surface area contributed by atoms with Gasteiger partial charge >= 0.3 is 5.97 Å². The Balaban J connectivity index is 0.00000144. The summed E-state index contributed by atoms with van der Waals surface area (Å²) in [7, 11) is 0. The normalized spacial score (nSPS) is 23.2. The van der Waals surface area contributed by atoms with Gasteiger partial charge in [0, 0.05) is 19.0 Å². The van der Waals surface area contributed by atoms with Crippen LogP contribution in [0.1, 0.15) is 11.5 Å². The first-order valence-electron chi connectivity index (χ1n) is 4.98. The zero-order valence-corrected chi connectivity index (χ0v) is 11.1. The maximum absolute atomic E-state index is 11.1. The maximum atomic E-state index is 11.1. The molecule has 2 atom stereocenters. The summed E-state index contributed by atoms with van der Waals surface area (Å²) in [5.41, 5.74) is 0.812. The van der Waals surface area contributed by atoms with Crippen molar-refractivity contribution in [3.63, 3.8) is 0 Å². The Kier molecular flexibility index (Phi) is 5.07. The monoisotopic (exact) mass is 295 g/mol. The first-order chi connectivity index (χ1) is 7.61. The number of benzene rings is 1. The number of nitrogens with one attached hydrogen (secondary N) is 1. The molecule has 0 amide bonds. The van der Waals surface area contributed by atoms with E-state index >= 15 is 0 Å². The van der Waals surface area contributed by atoms with Crippen LogP contribution in [-0.2, 0) is 4.79 Å². The van der Waals surface area contributed by atoms with E-state index in [4.69, 9.17) is 28.3 Å². The highest BCUT2D eigenvalue weighted by Gasteiger charge is 2.35. The third-order valence-corrected chi connectivity index (χ3v) is 3.75. The Hall–Kier alpha value is -0.480. The van der Waals surface area contributed by atoms with Crippen molar-refractivity contribution in [2.45, 2.75) is 5.92 Å². The number of hydrogen-bond donors (Lipinski definition) is 2. The molecule has 1 aromatic rings. The minimum Gasteiger partial charge on any atom is -0.481 e. The molecule has 0 spiro atoms. The van der Waals surface area contributed by atoms with Gasteiger partial charge in [-0.3, -0.25) is 4.79 Å². The van der Waals surface area contributed by atoms with Crippen molar-refractivity contribution in [1.82, 2.24) is 5.32 Å². The van der Waals surface area contributed by atoms with Crippen LogP contribution in [0.15, 0.2) is 18.2 Å². The van der Waals surface area contributed by atoms with Gasteiger partial charge in [-0.05, 0) is 11.6 Å². The number of carboxylic acid groups (broad SMARTS) is 1. The maximum Gasteiger partial charge on any atom is 0.308 e. The summed E-state index contributed by atoms with van der Waals surface area (Å²) < 4.78 is 0. The van der Waals surface area contributed by atoms with E-state index in [0.29, 0.717) is 23.1 Å². The lowest BCUT2D eigenvalue weighted by Gasteiger charge is -2.16. The fourth-order valence-electron chi connectivity index (χ4n) is 2.07. The molecule has 0 radical (unpaired) electrons. The smallest absolute Gasteiger partial charge is 0.308 e. The second kappa shape index (κ2) is 5.91. The zero-order valence-electron chi connectivity index (χ0n) is 8.82. The summed E-state index contributed by atoms with van der Waals surface area (Å²) in [5.74, 6) is -1.34. The highest BCUT2D eigenvalue weighted by atomic mass is 35.5. The van der Waals surface area contributed by atoms with E-state index in [-0.39, 0.29) is 18.3 Å². The van der Waals surface area contributed by atoms with Gasteiger partial charge in [-0.25, -0.2) is 0 Å². The van der Waals surface area contributed by atoms with Crippen LogP contribution >= 0.6 is 35.6 Å². The molecule has 3 nitrogen and oxygen atoms in total. The van der Waals surface area contributed by atoms with Crippen molar-refractivity contribution in [1.29, 1.82) is 0 Å². The summed E-state index contributed by atoms with van der Waals surface area (Å²) in [6, 6.07) is 5.33. The number of rotatable bonds is 2. The van der Waals surface area contributed by atoms with Gasteiger partial charge in [-0.1, -0.05) is 35.3 Å².